The van der Waals surface area contributed by atoms with Crippen LogP contribution in [0.4, 0.5) is 0 Å². The van der Waals surface area contributed by atoms with E-state index in [1.807, 2.05) is 0 Å². The van der Waals surface area contributed by atoms with Crippen molar-refractivity contribution >= 4 is 12.4 Å². The molecule has 1 heterocycles. The molecule has 0 aromatic heterocycles. The Morgan fingerprint density at radius 3 is 2.77 bits per heavy atom. The summed E-state index contributed by atoms with van der Waals surface area (Å²) in [5.41, 5.74) is 0. The lowest BCUT2D eigenvalue weighted by Gasteiger charge is -2.19. The van der Waals surface area contributed by atoms with Gasteiger partial charge in [0.15, 0.2) is 0 Å². The van der Waals surface area contributed by atoms with Crippen molar-refractivity contribution in [3.05, 3.63) is 0 Å². The summed E-state index contributed by atoms with van der Waals surface area (Å²) in [5.74, 6) is -0.422. The van der Waals surface area contributed by atoms with Crippen molar-refractivity contribution in [2.45, 2.75) is 12.8 Å². The van der Waals surface area contributed by atoms with Crippen molar-refractivity contribution in [3.8, 4) is 0 Å². The number of carbonyl (C=O) groups is 2. The molecule has 0 aromatic carbocycles. The van der Waals surface area contributed by atoms with Crippen LogP contribution in [0.1, 0.15) is 12.8 Å². The van der Waals surface area contributed by atoms with E-state index in [0.717, 1.165) is 0 Å². The summed E-state index contributed by atoms with van der Waals surface area (Å²) in [6.45, 7) is 1.14. The zero-order valence-corrected chi connectivity index (χ0v) is 7.23. The van der Waals surface area contributed by atoms with Gasteiger partial charge in [-0.3, -0.25) is 9.59 Å². The third-order valence-corrected chi connectivity index (χ3v) is 1.89. The quantitative estimate of drug-likeness (QED) is 0.271. The molecule has 1 saturated heterocycles. The molecule has 0 N–H and O–H groups in total. The molecule has 0 radical (unpaired) electrons. The molecule has 1 fully saturated rings. The van der Waals surface area contributed by atoms with Gasteiger partial charge in [-0.15, -0.1) is 0 Å². The summed E-state index contributed by atoms with van der Waals surface area (Å²) >= 11 is 0. The molecule has 0 aliphatic carbocycles. The largest absolute Gasteiger partial charge is 0.430 e. The van der Waals surface area contributed by atoms with E-state index in [1.165, 1.54) is 0 Å². The van der Waals surface area contributed by atoms with Crippen LogP contribution in [0.2, 0.25) is 0 Å². The molecule has 0 saturated carbocycles. The van der Waals surface area contributed by atoms with Crippen molar-refractivity contribution in [1.82, 2.24) is 0 Å². The normalized spacial score (nSPS) is 17.8. The molecule has 0 unspecified atom stereocenters. The average Bonchev–Trinajstić information content (AvgIpc) is 2.19. The molecule has 0 amide bonds. The highest BCUT2D eigenvalue weighted by Crippen LogP contribution is 2.15. The standard InChI is InChI=1S/C8H12O5/c9-5-12-6-13-8(10)7-1-3-11-4-2-7/h5,7H,1-4,6H2. The first-order chi connectivity index (χ1) is 6.34. The van der Waals surface area contributed by atoms with Gasteiger partial charge in [-0.25, -0.2) is 0 Å². The van der Waals surface area contributed by atoms with E-state index in [2.05, 4.69) is 9.47 Å². The Labute approximate surface area is 76.0 Å². The Morgan fingerprint density at radius 1 is 1.46 bits per heavy atom. The minimum Gasteiger partial charge on any atom is -0.430 e. The maximum atomic E-state index is 11.2. The summed E-state index contributed by atoms with van der Waals surface area (Å²) in [6, 6.07) is 0. The van der Waals surface area contributed by atoms with E-state index < -0.39 is 0 Å². The van der Waals surface area contributed by atoms with Gasteiger partial charge in [0.05, 0.1) is 5.92 Å². The van der Waals surface area contributed by atoms with Crippen LogP contribution in [0.15, 0.2) is 0 Å². The molecule has 1 aliphatic heterocycles. The Bertz CT molecular complexity index is 173. The molecular formula is C8H12O5. The molecule has 1 rings (SSSR count). The predicted molar refractivity (Wildman–Crippen MR) is 41.7 cm³/mol. The van der Waals surface area contributed by atoms with Crippen LogP contribution in [0.25, 0.3) is 0 Å². The van der Waals surface area contributed by atoms with E-state index in [0.29, 0.717) is 26.1 Å². The number of ether oxygens (including phenoxy) is 3. The van der Waals surface area contributed by atoms with E-state index >= 15 is 0 Å². The molecule has 74 valence electrons. The van der Waals surface area contributed by atoms with Crippen molar-refractivity contribution in [3.63, 3.8) is 0 Å². The lowest BCUT2D eigenvalue weighted by atomic mass is 10.0. The second-order valence-corrected chi connectivity index (χ2v) is 2.73. The Hall–Kier alpha value is -1.10. The van der Waals surface area contributed by atoms with Crippen LogP contribution in [0.3, 0.4) is 0 Å². The lowest BCUT2D eigenvalue weighted by molar-refractivity contribution is -0.166. The van der Waals surface area contributed by atoms with Crippen LogP contribution in [-0.4, -0.2) is 32.4 Å². The van der Waals surface area contributed by atoms with Gasteiger partial charge in [0.1, 0.15) is 0 Å². The number of esters is 1. The summed E-state index contributed by atoms with van der Waals surface area (Å²) in [7, 11) is 0. The van der Waals surface area contributed by atoms with Crippen molar-refractivity contribution in [2.75, 3.05) is 20.0 Å². The first-order valence-corrected chi connectivity index (χ1v) is 4.14. The van der Waals surface area contributed by atoms with E-state index in [-0.39, 0.29) is 25.2 Å². The molecule has 0 spiro atoms. The fraction of sp³-hybridized carbons (Fsp3) is 0.750. The SMILES string of the molecule is O=COCOC(=O)C1CCOCC1. The van der Waals surface area contributed by atoms with Gasteiger partial charge < -0.3 is 14.2 Å². The Balaban J connectivity index is 2.17. The van der Waals surface area contributed by atoms with Crippen LogP contribution in [0, 0.1) is 5.92 Å². The van der Waals surface area contributed by atoms with Crippen LogP contribution in [-0.2, 0) is 23.8 Å². The highest BCUT2D eigenvalue weighted by Gasteiger charge is 2.22. The molecule has 5 nitrogen and oxygen atoms in total. The van der Waals surface area contributed by atoms with Crippen LogP contribution in [0.5, 0.6) is 0 Å². The Kier molecular flexibility index (Phi) is 4.25. The molecule has 0 atom stereocenters. The van der Waals surface area contributed by atoms with Gasteiger partial charge in [0, 0.05) is 13.2 Å². The van der Waals surface area contributed by atoms with Gasteiger partial charge in [-0.1, -0.05) is 0 Å². The summed E-state index contributed by atoms with van der Waals surface area (Å²) < 4.78 is 14.0. The van der Waals surface area contributed by atoms with E-state index in [9.17, 15) is 9.59 Å². The fourth-order valence-electron chi connectivity index (χ4n) is 1.17. The van der Waals surface area contributed by atoms with Gasteiger partial charge in [0.25, 0.3) is 6.47 Å². The molecule has 13 heavy (non-hydrogen) atoms. The monoisotopic (exact) mass is 188 g/mol. The topological polar surface area (TPSA) is 61.8 Å². The lowest BCUT2D eigenvalue weighted by Crippen LogP contribution is -2.25. The minimum absolute atomic E-state index is 0.107. The molecule has 0 aromatic rings. The van der Waals surface area contributed by atoms with Crippen LogP contribution >= 0.6 is 0 Å². The highest BCUT2D eigenvalue weighted by molar-refractivity contribution is 5.72. The van der Waals surface area contributed by atoms with E-state index in [4.69, 9.17) is 4.74 Å². The molecular weight excluding hydrogens is 176 g/mol. The minimum atomic E-state index is -0.315. The second-order valence-electron chi connectivity index (χ2n) is 2.73. The van der Waals surface area contributed by atoms with Gasteiger partial charge in [0.2, 0.25) is 6.79 Å². The smallest absolute Gasteiger partial charge is 0.311 e. The summed E-state index contributed by atoms with van der Waals surface area (Å²) in [4.78, 5) is 20.9. The second kappa shape index (κ2) is 5.53. The van der Waals surface area contributed by atoms with Crippen molar-refractivity contribution < 1.29 is 23.8 Å². The van der Waals surface area contributed by atoms with Gasteiger partial charge in [-0.2, -0.15) is 0 Å². The fourth-order valence-corrected chi connectivity index (χ4v) is 1.17. The van der Waals surface area contributed by atoms with Gasteiger partial charge in [-0.05, 0) is 12.8 Å². The number of hydrogen-bond donors (Lipinski definition) is 0. The third kappa shape index (κ3) is 3.42. The molecule has 0 bridgehead atoms. The first-order valence-electron chi connectivity index (χ1n) is 4.14. The highest BCUT2D eigenvalue weighted by atomic mass is 16.7. The maximum absolute atomic E-state index is 11.2. The van der Waals surface area contributed by atoms with Crippen molar-refractivity contribution in [2.24, 2.45) is 5.92 Å². The number of carbonyl (C=O) groups excluding carboxylic acids is 2. The predicted octanol–water partition coefficient (Wildman–Crippen LogP) is 0.0867. The molecule has 5 heteroatoms. The van der Waals surface area contributed by atoms with E-state index in [1.54, 1.807) is 0 Å². The zero-order chi connectivity index (χ0) is 9.52. The number of hydrogen-bond acceptors (Lipinski definition) is 5. The van der Waals surface area contributed by atoms with Gasteiger partial charge >= 0.3 is 5.97 Å². The summed E-state index contributed by atoms with van der Waals surface area (Å²) in [5, 5.41) is 0. The van der Waals surface area contributed by atoms with Crippen molar-refractivity contribution in [1.29, 1.82) is 0 Å². The first kappa shape index (κ1) is 9.98. The average molecular weight is 188 g/mol. The zero-order valence-electron chi connectivity index (χ0n) is 7.23. The van der Waals surface area contributed by atoms with Crippen LogP contribution < -0.4 is 0 Å². The Morgan fingerprint density at radius 2 is 2.15 bits per heavy atom. The summed E-state index contributed by atoms with van der Waals surface area (Å²) in [6.07, 6.45) is 1.36. The third-order valence-electron chi connectivity index (χ3n) is 1.89. The molecule has 1 aliphatic rings. The maximum Gasteiger partial charge on any atom is 0.311 e. The number of rotatable bonds is 4.